The normalized spacial score (nSPS) is 11.4. The Balaban J connectivity index is 2.19. The lowest BCUT2D eigenvalue weighted by atomic mass is 10.2. The summed E-state index contributed by atoms with van der Waals surface area (Å²) in [4.78, 5) is 5.51. The number of nitrogens with one attached hydrogen (secondary N) is 1. The number of aromatic nitrogens is 2. The van der Waals surface area contributed by atoms with E-state index in [0.717, 1.165) is 35.3 Å². The second-order valence-electron chi connectivity index (χ2n) is 5.35. The molecule has 4 nitrogen and oxygen atoms in total. The number of H-pyrrole nitrogens is 1. The molecule has 0 unspecified atom stereocenters. The zero-order valence-electron chi connectivity index (χ0n) is 12.2. The molecule has 1 N–H and O–H groups in total. The summed E-state index contributed by atoms with van der Waals surface area (Å²) in [7, 11) is 2.13. The largest absolute Gasteiger partial charge is 0.331 e. The Hall–Kier alpha value is -1.64. The Morgan fingerprint density at radius 3 is 2.85 bits per heavy atom. The summed E-state index contributed by atoms with van der Waals surface area (Å²) in [6.07, 6.45) is 1.03. The van der Waals surface area contributed by atoms with Crippen LogP contribution in [0.3, 0.4) is 0 Å². The standard InChI is InChI=1S/C15H20N4S/c1-11(2)18(3)7-4-8-19-14-9-12(10-16)5-6-13(14)17-15(19)20/h5-6,9,11H,4,7-8H2,1-3H3,(H,17,20). The lowest BCUT2D eigenvalue weighted by Crippen LogP contribution is -2.27. The molecular formula is C15H20N4S. The van der Waals surface area contributed by atoms with Crippen LogP contribution in [0.2, 0.25) is 0 Å². The molecule has 2 aromatic rings. The molecule has 106 valence electrons. The zero-order valence-corrected chi connectivity index (χ0v) is 13.0. The molecule has 20 heavy (non-hydrogen) atoms. The molecule has 0 amide bonds. The molecule has 1 heterocycles. The Kier molecular flexibility index (Phi) is 4.58. The highest BCUT2D eigenvalue weighted by Gasteiger charge is 2.07. The molecule has 0 saturated carbocycles. The van der Waals surface area contributed by atoms with Crippen molar-refractivity contribution in [3.63, 3.8) is 0 Å². The molecule has 0 saturated heterocycles. The van der Waals surface area contributed by atoms with Gasteiger partial charge in [-0.3, -0.25) is 0 Å². The highest BCUT2D eigenvalue weighted by molar-refractivity contribution is 7.71. The van der Waals surface area contributed by atoms with Gasteiger partial charge in [0.15, 0.2) is 4.77 Å². The number of imidazole rings is 1. The third-order valence-corrected chi connectivity index (χ3v) is 4.00. The summed E-state index contributed by atoms with van der Waals surface area (Å²) >= 11 is 5.37. The monoisotopic (exact) mass is 288 g/mol. The van der Waals surface area contributed by atoms with Crippen LogP contribution in [-0.2, 0) is 6.54 Å². The molecule has 1 aromatic heterocycles. The minimum Gasteiger partial charge on any atom is -0.331 e. The topological polar surface area (TPSA) is 47.8 Å². The summed E-state index contributed by atoms with van der Waals surface area (Å²) in [5.41, 5.74) is 2.67. The van der Waals surface area contributed by atoms with E-state index in [2.05, 4.69) is 41.4 Å². The maximum atomic E-state index is 9.00. The van der Waals surface area contributed by atoms with Crippen LogP contribution in [0.15, 0.2) is 18.2 Å². The number of fused-ring (bicyclic) bond motifs is 1. The van der Waals surface area contributed by atoms with Crippen LogP contribution < -0.4 is 0 Å². The van der Waals surface area contributed by atoms with Crippen LogP contribution in [0.5, 0.6) is 0 Å². The molecule has 0 radical (unpaired) electrons. The van der Waals surface area contributed by atoms with Crippen molar-refractivity contribution in [3.05, 3.63) is 28.5 Å². The minimum absolute atomic E-state index is 0.552. The smallest absolute Gasteiger partial charge is 0.178 e. The second kappa shape index (κ2) is 6.21. The average Bonchev–Trinajstić information content (AvgIpc) is 2.74. The van der Waals surface area contributed by atoms with Crippen molar-refractivity contribution in [1.82, 2.24) is 14.5 Å². The van der Waals surface area contributed by atoms with Crippen molar-refractivity contribution < 1.29 is 0 Å². The van der Waals surface area contributed by atoms with E-state index in [9.17, 15) is 0 Å². The van der Waals surface area contributed by atoms with Crippen LogP contribution >= 0.6 is 12.2 Å². The van der Waals surface area contributed by atoms with Crippen LogP contribution in [0, 0.1) is 16.1 Å². The second-order valence-corrected chi connectivity index (χ2v) is 5.74. The van der Waals surface area contributed by atoms with Crippen LogP contribution in [-0.4, -0.2) is 34.1 Å². The molecule has 0 spiro atoms. The van der Waals surface area contributed by atoms with Gasteiger partial charge in [-0.05, 0) is 64.3 Å². The van der Waals surface area contributed by atoms with E-state index in [1.165, 1.54) is 0 Å². The first-order valence-electron chi connectivity index (χ1n) is 6.86. The summed E-state index contributed by atoms with van der Waals surface area (Å²) < 4.78 is 2.81. The third-order valence-electron chi connectivity index (χ3n) is 3.68. The molecule has 0 fully saturated rings. The first-order valence-corrected chi connectivity index (χ1v) is 7.26. The van der Waals surface area contributed by atoms with Crippen molar-refractivity contribution in [1.29, 1.82) is 5.26 Å². The highest BCUT2D eigenvalue weighted by Crippen LogP contribution is 2.16. The number of aryl methyl sites for hydroxylation is 1. The number of rotatable bonds is 5. The van der Waals surface area contributed by atoms with Gasteiger partial charge < -0.3 is 14.5 Å². The van der Waals surface area contributed by atoms with Gasteiger partial charge in [0, 0.05) is 12.6 Å². The maximum Gasteiger partial charge on any atom is 0.178 e. The molecule has 1 aromatic carbocycles. The van der Waals surface area contributed by atoms with Gasteiger partial charge in [0.05, 0.1) is 22.7 Å². The van der Waals surface area contributed by atoms with Crippen molar-refractivity contribution in [2.24, 2.45) is 0 Å². The van der Waals surface area contributed by atoms with E-state index < -0.39 is 0 Å². The van der Waals surface area contributed by atoms with Crippen LogP contribution in [0.1, 0.15) is 25.8 Å². The number of nitriles is 1. The Labute approximate surface area is 124 Å². The van der Waals surface area contributed by atoms with E-state index in [0.29, 0.717) is 11.6 Å². The third kappa shape index (κ3) is 3.09. The number of aromatic amines is 1. The lowest BCUT2D eigenvalue weighted by molar-refractivity contribution is 0.266. The molecule has 2 rings (SSSR count). The van der Waals surface area contributed by atoms with Gasteiger partial charge in [-0.15, -0.1) is 0 Å². The van der Waals surface area contributed by atoms with Gasteiger partial charge >= 0.3 is 0 Å². The predicted molar refractivity (Wildman–Crippen MR) is 84.2 cm³/mol. The predicted octanol–water partition coefficient (Wildman–Crippen LogP) is 3.30. The van der Waals surface area contributed by atoms with Crippen molar-refractivity contribution in [3.8, 4) is 6.07 Å². The Morgan fingerprint density at radius 1 is 1.45 bits per heavy atom. The molecular weight excluding hydrogens is 268 g/mol. The summed E-state index contributed by atoms with van der Waals surface area (Å²) in [6, 6.07) is 8.35. The molecule has 0 bridgehead atoms. The highest BCUT2D eigenvalue weighted by atomic mass is 32.1. The fraction of sp³-hybridized carbons (Fsp3) is 0.467. The zero-order chi connectivity index (χ0) is 14.7. The van der Waals surface area contributed by atoms with Gasteiger partial charge in [-0.2, -0.15) is 5.26 Å². The molecule has 0 atom stereocenters. The van der Waals surface area contributed by atoms with Crippen molar-refractivity contribution in [2.45, 2.75) is 32.9 Å². The average molecular weight is 288 g/mol. The molecule has 0 aliphatic heterocycles. The Morgan fingerprint density at radius 2 is 2.20 bits per heavy atom. The van der Waals surface area contributed by atoms with Crippen LogP contribution in [0.4, 0.5) is 0 Å². The summed E-state index contributed by atoms with van der Waals surface area (Å²) in [5.74, 6) is 0. The minimum atomic E-state index is 0.552. The molecule has 0 aliphatic rings. The number of benzene rings is 1. The first kappa shape index (κ1) is 14.8. The summed E-state index contributed by atoms with van der Waals surface area (Å²) in [6.45, 7) is 6.28. The van der Waals surface area contributed by atoms with Gasteiger partial charge in [0.2, 0.25) is 0 Å². The SMILES string of the molecule is CC(C)N(C)CCCn1c(=S)[nH]c2ccc(C#N)cc21. The van der Waals surface area contributed by atoms with Gasteiger partial charge in [0.1, 0.15) is 0 Å². The van der Waals surface area contributed by atoms with Crippen molar-refractivity contribution >= 4 is 23.3 Å². The van der Waals surface area contributed by atoms with E-state index in [4.69, 9.17) is 17.5 Å². The van der Waals surface area contributed by atoms with Gasteiger partial charge in [0.25, 0.3) is 0 Å². The fourth-order valence-corrected chi connectivity index (χ4v) is 2.48. The van der Waals surface area contributed by atoms with E-state index >= 15 is 0 Å². The van der Waals surface area contributed by atoms with Crippen molar-refractivity contribution in [2.75, 3.05) is 13.6 Å². The lowest BCUT2D eigenvalue weighted by Gasteiger charge is -2.20. The quantitative estimate of drug-likeness (QED) is 0.859. The maximum absolute atomic E-state index is 9.00. The van der Waals surface area contributed by atoms with Gasteiger partial charge in [-0.1, -0.05) is 0 Å². The number of hydrogen-bond donors (Lipinski definition) is 1. The molecule has 0 aliphatic carbocycles. The fourth-order valence-electron chi connectivity index (χ4n) is 2.18. The van der Waals surface area contributed by atoms with Crippen LogP contribution in [0.25, 0.3) is 11.0 Å². The van der Waals surface area contributed by atoms with E-state index in [-0.39, 0.29) is 0 Å². The Bertz CT molecular complexity index is 690. The first-order chi connectivity index (χ1) is 9.52. The van der Waals surface area contributed by atoms with Gasteiger partial charge in [-0.25, -0.2) is 0 Å². The summed E-state index contributed by atoms with van der Waals surface area (Å²) in [5, 5.41) is 9.00. The molecule has 5 heteroatoms. The van der Waals surface area contributed by atoms with E-state index in [1.54, 1.807) is 0 Å². The number of hydrogen-bond acceptors (Lipinski definition) is 3. The van der Waals surface area contributed by atoms with E-state index in [1.807, 2.05) is 18.2 Å². The number of nitrogens with zero attached hydrogens (tertiary/aromatic N) is 3.